The van der Waals surface area contributed by atoms with Crippen LogP contribution < -0.4 is 0 Å². The summed E-state index contributed by atoms with van der Waals surface area (Å²) in [6.45, 7) is 12.9. The molecule has 0 aromatic heterocycles. The van der Waals surface area contributed by atoms with E-state index in [0.717, 1.165) is 6.54 Å². The molecule has 0 aliphatic carbocycles. The molecule has 0 fully saturated rings. The van der Waals surface area contributed by atoms with Gasteiger partial charge in [-0.05, 0) is 56.5 Å². The Labute approximate surface area is 221 Å². The minimum absolute atomic E-state index is 0. The molecule has 0 saturated heterocycles. The Kier molecular flexibility index (Phi) is 24.2. The maximum Gasteiger partial charge on any atom is 0.0236 e. The zero-order chi connectivity index (χ0) is 24.7. The molecule has 2 nitrogen and oxygen atoms in total. The van der Waals surface area contributed by atoms with Gasteiger partial charge in [0.05, 0.1) is 0 Å². The molecule has 0 radical (unpaired) electrons. The summed E-state index contributed by atoms with van der Waals surface area (Å²) in [6, 6.07) is 6.86. The van der Waals surface area contributed by atoms with Crippen molar-refractivity contribution < 1.29 is 5.48 Å². The molecule has 0 heterocycles. The maximum absolute atomic E-state index is 2.76. The monoisotopic (exact) mass is 489 g/mol. The number of unbranched alkanes of at least 4 members (excludes halogenated alkanes) is 18. The lowest BCUT2D eigenvalue weighted by molar-refractivity contribution is 0.251. The summed E-state index contributed by atoms with van der Waals surface area (Å²) in [5, 5.41) is 0. The normalized spacial score (nSPS) is 11.2. The number of nitrogens with zero attached hydrogens (tertiary/aromatic N) is 1. The first-order chi connectivity index (χ1) is 16.7. The molecule has 1 rings (SSSR count). The molecular formula is C33H63NO. The highest BCUT2D eigenvalue weighted by molar-refractivity contribution is 5.32. The first-order valence-electron chi connectivity index (χ1n) is 15.5. The Morgan fingerprint density at radius 2 is 0.886 bits per heavy atom. The molecule has 2 N–H and O–H groups in total. The average molecular weight is 490 g/mol. The van der Waals surface area contributed by atoms with Crippen molar-refractivity contribution in [2.24, 2.45) is 0 Å². The molecule has 206 valence electrons. The van der Waals surface area contributed by atoms with Gasteiger partial charge in [-0.25, -0.2) is 0 Å². The van der Waals surface area contributed by atoms with Crippen molar-refractivity contribution in [2.45, 2.75) is 163 Å². The third kappa shape index (κ3) is 19.0. The van der Waals surface area contributed by atoms with E-state index in [4.69, 9.17) is 0 Å². The molecule has 0 unspecified atom stereocenters. The van der Waals surface area contributed by atoms with Gasteiger partial charge in [-0.15, -0.1) is 0 Å². The lowest BCUT2D eigenvalue weighted by atomic mass is 10.0. The molecule has 1 aromatic carbocycles. The van der Waals surface area contributed by atoms with Crippen molar-refractivity contribution in [3.63, 3.8) is 0 Å². The summed E-state index contributed by atoms with van der Waals surface area (Å²) in [6.07, 6.45) is 28.5. The van der Waals surface area contributed by atoms with Crippen LogP contribution in [0.3, 0.4) is 0 Å². The second kappa shape index (κ2) is 24.8. The fraction of sp³-hybridized carbons (Fsp3) is 0.818. The summed E-state index contributed by atoms with van der Waals surface area (Å²) < 4.78 is 0. The predicted molar refractivity (Wildman–Crippen MR) is 158 cm³/mol. The van der Waals surface area contributed by atoms with Crippen molar-refractivity contribution in [1.82, 2.24) is 4.90 Å². The van der Waals surface area contributed by atoms with Crippen LogP contribution in [0.15, 0.2) is 18.2 Å². The van der Waals surface area contributed by atoms with E-state index in [2.05, 4.69) is 50.8 Å². The fourth-order valence-corrected chi connectivity index (χ4v) is 5.14. The summed E-state index contributed by atoms with van der Waals surface area (Å²) in [4.78, 5) is 2.76. The smallest absolute Gasteiger partial charge is 0.0236 e. The van der Waals surface area contributed by atoms with E-state index < -0.39 is 0 Å². The molecule has 0 aliphatic rings. The quantitative estimate of drug-likeness (QED) is 0.133. The molecule has 0 saturated carbocycles. The van der Waals surface area contributed by atoms with Gasteiger partial charge in [0, 0.05) is 6.54 Å². The van der Waals surface area contributed by atoms with Crippen LogP contribution in [-0.4, -0.2) is 23.5 Å². The van der Waals surface area contributed by atoms with Crippen LogP contribution in [0.1, 0.15) is 159 Å². The van der Waals surface area contributed by atoms with Gasteiger partial charge in [-0.2, -0.15) is 0 Å². The van der Waals surface area contributed by atoms with E-state index in [-0.39, 0.29) is 5.48 Å². The highest BCUT2D eigenvalue weighted by atomic mass is 16.0. The Hall–Kier alpha value is -0.860. The Balaban J connectivity index is 0.0000116. The van der Waals surface area contributed by atoms with Crippen LogP contribution >= 0.6 is 0 Å². The second-order valence-corrected chi connectivity index (χ2v) is 11.0. The van der Waals surface area contributed by atoms with Gasteiger partial charge < -0.3 is 5.48 Å². The minimum atomic E-state index is 0. The Morgan fingerprint density at radius 3 is 1.29 bits per heavy atom. The average Bonchev–Trinajstić information content (AvgIpc) is 2.84. The molecule has 0 amide bonds. The molecule has 0 spiro atoms. The molecule has 35 heavy (non-hydrogen) atoms. The third-order valence-electron chi connectivity index (χ3n) is 7.77. The lowest BCUT2D eigenvalue weighted by Gasteiger charge is -2.24. The zero-order valence-electron chi connectivity index (χ0n) is 24.4. The van der Waals surface area contributed by atoms with E-state index in [0.29, 0.717) is 0 Å². The van der Waals surface area contributed by atoms with Gasteiger partial charge >= 0.3 is 0 Å². The number of hydrogen-bond acceptors (Lipinski definition) is 1. The van der Waals surface area contributed by atoms with Crippen LogP contribution in [0.2, 0.25) is 0 Å². The topological polar surface area (TPSA) is 34.7 Å². The molecule has 0 bridgehead atoms. The first-order valence-corrected chi connectivity index (χ1v) is 15.5. The van der Waals surface area contributed by atoms with E-state index in [1.54, 1.807) is 5.56 Å². The summed E-state index contributed by atoms with van der Waals surface area (Å²) in [5.41, 5.74) is 4.48. The third-order valence-corrected chi connectivity index (χ3v) is 7.77. The van der Waals surface area contributed by atoms with Gasteiger partial charge in [-0.1, -0.05) is 148 Å². The van der Waals surface area contributed by atoms with Gasteiger partial charge in [0.15, 0.2) is 0 Å². The van der Waals surface area contributed by atoms with Gasteiger partial charge in [0.25, 0.3) is 0 Å². The van der Waals surface area contributed by atoms with Crippen LogP contribution in [0.25, 0.3) is 0 Å². The van der Waals surface area contributed by atoms with Crippen molar-refractivity contribution >= 4 is 0 Å². The van der Waals surface area contributed by atoms with Crippen LogP contribution in [0, 0.1) is 13.8 Å². The lowest BCUT2D eigenvalue weighted by Crippen LogP contribution is -2.26. The van der Waals surface area contributed by atoms with E-state index >= 15 is 0 Å². The van der Waals surface area contributed by atoms with Crippen molar-refractivity contribution in [1.29, 1.82) is 0 Å². The SMILES string of the molecule is CCCCCCCCCCCCN(CCCCCCCCCCCC)Cc1cccc(C)c1C.O. The number of hydrogen-bond donors (Lipinski definition) is 0. The predicted octanol–water partition coefficient (Wildman–Crippen LogP) is 10.1. The number of rotatable bonds is 24. The van der Waals surface area contributed by atoms with E-state index in [1.807, 2.05) is 0 Å². The van der Waals surface area contributed by atoms with Gasteiger partial charge in [0.1, 0.15) is 0 Å². The van der Waals surface area contributed by atoms with E-state index in [1.165, 1.54) is 153 Å². The highest BCUT2D eigenvalue weighted by Gasteiger charge is 2.09. The summed E-state index contributed by atoms with van der Waals surface area (Å²) in [5.74, 6) is 0. The van der Waals surface area contributed by atoms with Crippen molar-refractivity contribution in [3.8, 4) is 0 Å². The number of benzene rings is 1. The first kappa shape index (κ1) is 34.1. The second-order valence-electron chi connectivity index (χ2n) is 11.0. The summed E-state index contributed by atoms with van der Waals surface area (Å²) >= 11 is 0. The van der Waals surface area contributed by atoms with Crippen molar-refractivity contribution in [2.75, 3.05) is 13.1 Å². The van der Waals surface area contributed by atoms with Crippen LogP contribution in [0.5, 0.6) is 0 Å². The van der Waals surface area contributed by atoms with Crippen LogP contribution in [-0.2, 0) is 6.54 Å². The highest BCUT2D eigenvalue weighted by Crippen LogP contribution is 2.17. The van der Waals surface area contributed by atoms with Gasteiger partial charge in [-0.3, -0.25) is 4.90 Å². The minimum Gasteiger partial charge on any atom is -0.412 e. The molecule has 2 heteroatoms. The largest absolute Gasteiger partial charge is 0.412 e. The Morgan fingerprint density at radius 1 is 0.514 bits per heavy atom. The number of aryl methyl sites for hydroxylation is 1. The molecular weight excluding hydrogens is 426 g/mol. The zero-order valence-corrected chi connectivity index (χ0v) is 24.4. The maximum atomic E-state index is 2.76. The molecule has 0 atom stereocenters. The molecule has 0 aliphatic heterocycles. The van der Waals surface area contributed by atoms with Crippen LogP contribution in [0.4, 0.5) is 0 Å². The van der Waals surface area contributed by atoms with Gasteiger partial charge in [0.2, 0.25) is 0 Å². The van der Waals surface area contributed by atoms with E-state index in [9.17, 15) is 0 Å². The fourth-order valence-electron chi connectivity index (χ4n) is 5.14. The standard InChI is InChI=1S/C33H61N.H2O/c1-5-7-9-11-13-15-17-19-21-23-28-34(30-33-27-25-26-31(3)32(33)4)29-24-22-20-18-16-14-12-10-8-6-2;/h25-27H,5-24,28-30H2,1-4H3;1H2. The summed E-state index contributed by atoms with van der Waals surface area (Å²) in [7, 11) is 0. The van der Waals surface area contributed by atoms with Crippen molar-refractivity contribution in [3.05, 3.63) is 34.9 Å². The Bertz CT molecular complexity index is 546. The molecule has 1 aromatic rings.